The minimum atomic E-state index is -0.382. The largest absolute Gasteiger partial charge is 0.468 e. The van der Waals surface area contributed by atoms with Crippen molar-refractivity contribution < 1.29 is 30.0 Å². The van der Waals surface area contributed by atoms with E-state index in [1.54, 1.807) is 6.20 Å². The van der Waals surface area contributed by atoms with Gasteiger partial charge in [-0.05, 0) is 12.8 Å². The van der Waals surface area contributed by atoms with Gasteiger partial charge in [0.05, 0.1) is 19.3 Å². The predicted octanol–water partition coefficient (Wildman–Crippen LogP) is 2.40. The van der Waals surface area contributed by atoms with Crippen LogP contribution in [0.3, 0.4) is 0 Å². The number of ether oxygens (including phenoxy) is 1. The Hall–Kier alpha value is -1.68. The molecule has 6 nitrogen and oxygen atoms in total. The molecular formula is C17H21N4O2Re-. The van der Waals surface area contributed by atoms with Crippen LogP contribution >= 0.6 is 0 Å². The average molecular weight is 500 g/mol. The second-order valence-electron chi connectivity index (χ2n) is 5.76. The van der Waals surface area contributed by atoms with E-state index in [0.717, 1.165) is 42.0 Å². The van der Waals surface area contributed by atoms with E-state index < -0.39 is 0 Å². The van der Waals surface area contributed by atoms with E-state index in [1.165, 1.54) is 7.11 Å². The minimum Gasteiger partial charge on any atom is -0.468 e. The number of imidazole rings is 1. The molecule has 24 heavy (non-hydrogen) atoms. The zero-order valence-corrected chi connectivity index (χ0v) is 16.2. The summed E-state index contributed by atoms with van der Waals surface area (Å²) < 4.78 is 4.92. The zero-order chi connectivity index (χ0) is 16.2. The standard InChI is InChI=1S/C17H21N4O2.Re/c1-23-17(22)14-9-5-3-7-12(18)16-19-10-15(21-16)11-6-2-4-8-13(11)20-14;/h2,6,8,10,12,14,20H,3,5,7,9,18H2,1H3,(H,19,21);/q-1;/t12-,14+;/m0./s1. The summed E-state index contributed by atoms with van der Waals surface area (Å²) in [4.78, 5) is 19.7. The number of anilines is 1. The summed E-state index contributed by atoms with van der Waals surface area (Å²) in [5, 5.41) is 3.29. The smallest absolute Gasteiger partial charge is 0.327 e. The Morgan fingerprint density at radius 3 is 3.00 bits per heavy atom. The molecule has 0 spiro atoms. The summed E-state index contributed by atoms with van der Waals surface area (Å²) in [5.74, 6) is 0.537. The van der Waals surface area contributed by atoms with Gasteiger partial charge in [0.25, 0.3) is 0 Å². The number of aromatic nitrogens is 2. The summed E-state index contributed by atoms with van der Waals surface area (Å²) in [6, 6.07) is 8.14. The molecular weight excluding hydrogens is 478 g/mol. The van der Waals surface area contributed by atoms with E-state index >= 15 is 0 Å². The number of fused-ring (bicyclic) bond motifs is 4. The maximum Gasteiger partial charge on any atom is 0.327 e. The fourth-order valence-electron chi connectivity index (χ4n) is 2.87. The Labute approximate surface area is 155 Å². The number of carbonyl (C=O) groups is 1. The first-order chi connectivity index (χ1) is 11.2. The molecule has 1 aliphatic heterocycles. The second-order valence-corrected chi connectivity index (χ2v) is 5.76. The maximum atomic E-state index is 12.0. The number of nitrogens with zero attached hydrogens (tertiary/aromatic N) is 1. The molecule has 0 fully saturated rings. The van der Waals surface area contributed by atoms with Gasteiger partial charge in [0.15, 0.2) is 0 Å². The molecule has 1 aromatic heterocycles. The molecule has 2 atom stereocenters. The van der Waals surface area contributed by atoms with Crippen molar-refractivity contribution in [2.45, 2.75) is 37.8 Å². The molecule has 0 saturated carbocycles. The normalized spacial score (nSPS) is 20.4. The third kappa shape index (κ3) is 4.04. The molecule has 0 aliphatic carbocycles. The quantitative estimate of drug-likeness (QED) is 0.414. The molecule has 3 rings (SSSR count). The van der Waals surface area contributed by atoms with Crippen LogP contribution in [0.5, 0.6) is 0 Å². The van der Waals surface area contributed by atoms with Crippen LogP contribution in [0.25, 0.3) is 11.3 Å². The van der Waals surface area contributed by atoms with E-state index in [0.29, 0.717) is 6.42 Å². The number of benzene rings is 1. The first-order valence-electron chi connectivity index (χ1n) is 7.84. The van der Waals surface area contributed by atoms with Gasteiger partial charge >= 0.3 is 5.97 Å². The Balaban J connectivity index is 0.00000208. The van der Waals surface area contributed by atoms with Gasteiger partial charge in [-0.2, -0.15) is 24.3 Å². The van der Waals surface area contributed by atoms with E-state index in [4.69, 9.17) is 10.5 Å². The number of nitrogens with one attached hydrogen (secondary N) is 2. The van der Waals surface area contributed by atoms with Crippen molar-refractivity contribution in [2.24, 2.45) is 5.73 Å². The summed E-state index contributed by atoms with van der Waals surface area (Å²) in [6.07, 6.45) is 5.13. The van der Waals surface area contributed by atoms with Crippen molar-refractivity contribution in [2.75, 3.05) is 12.4 Å². The monoisotopic (exact) mass is 500 g/mol. The molecule has 7 heteroatoms. The first kappa shape index (κ1) is 18.7. The molecule has 1 radical (unpaired) electrons. The average Bonchev–Trinajstić information content (AvgIpc) is 3.06. The Morgan fingerprint density at radius 1 is 1.42 bits per heavy atom. The fourth-order valence-corrected chi connectivity index (χ4v) is 2.87. The third-order valence-electron chi connectivity index (χ3n) is 4.17. The number of esters is 1. The van der Waals surface area contributed by atoms with Crippen LogP contribution in [0.2, 0.25) is 0 Å². The van der Waals surface area contributed by atoms with Crippen molar-refractivity contribution in [3.8, 4) is 11.3 Å². The van der Waals surface area contributed by atoms with Gasteiger partial charge in [-0.25, -0.2) is 9.78 Å². The van der Waals surface area contributed by atoms with Crippen LogP contribution in [0.1, 0.15) is 37.5 Å². The van der Waals surface area contributed by atoms with Crippen molar-refractivity contribution in [1.82, 2.24) is 9.97 Å². The zero-order valence-electron chi connectivity index (χ0n) is 13.5. The SMILES string of the molecule is COC(=O)[C@H]1CCCC[C@H](N)c2ncc([nH]2)-c2cc[c-]cc2N1.[Re]. The number of H-pyrrole nitrogens is 1. The topological polar surface area (TPSA) is 93.0 Å². The number of methoxy groups -OCH3 is 1. The van der Waals surface area contributed by atoms with Gasteiger partial charge in [-0.15, -0.1) is 0 Å². The van der Waals surface area contributed by atoms with Crippen molar-refractivity contribution >= 4 is 11.7 Å². The molecule has 0 unspecified atom stereocenters. The summed E-state index contributed by atoms with van der Waals surface area (Å²) in [5.41, 5.74) is 8.83. The summed E-state index contributed by atoms with van der Waals surface area (Å²) >= 11 is 0. The van der Waals surface area contributed by atoms with E-state index in [-0.39, 0.29) is 38.5 Å². The number of aromatic amines is 1. The molecule has 1 aliphatic rings. The molecule has 2 aromatic rings. The first-order valence-corrected chi connectivity index (χ1v) is 7.84. The van der Waals surface area contributed by atoms with E-state index in [9.17, 15) is 4.79 Å². The van der Waals surface area contributed by atoms with Crippen LogP contribution in [0.4, 0.5) is 5.69 Å². The molecule has 2 bridgehead atoms. The van der Waals surface area contributed by atoms with Crippen LogP contribution in [0, 0.1) is 6.07 Å². The predicted molar refractivity (Wildman–Crippen MR) is 87.7 cm³/mol. The third-order valence-corrected chi connectivity index (χ3v) is 4.17. The summed E-state index contributed by atoms with van der Waals surface area (Å²) in [7, 11) is 1.41. The molecule has 4 N–H and O–H groups in total. The number of nitrogens with two attached hydrogens (primary N) is 1. The van der Waals surface area contributed by atoms with Crippen LogP contribution in [-0.4, -0.2) is 29.1 Å². The Kier molecular flexibility index (Phi) is 6.55. The second kappa shape index (κ2) is 8.43. The van der Waals surface area contributed by atoms with Gasteiger partial charge in [-0.1, -0.05) is 24.1 Å². The number of hydrogen-bond acceptors (Lipinski definition) is 5. The van der Waals surface area contributed by atoms with Crippen LogP contribution < -0.4 is 11.1 Å². The molecule has 0 saturated heterocycles. The van der Waals surface area contributed by atoms with Crippen molar-refractivity contribution in [3.05, 3.63) is 36.3 Å². The summed E-state index contributed by atoms with van der Waals surface area (Å²) in [6.45, 7) is 0. The van der Waals surface area contributed by atoms with Crippen LogP contribution in [-0.2, 0) is 30.0 Å². The van der Waals surface area contributed by atoms with Gasteiger partial charge in [0.1, 0.15) is 11.9 Å². The van der Waals surface area contributed by atoms with E-state index in [1.807, 2.05) is 18.2 Å². The van der Waals surface area contributed by atoms with E-state index in [2.05, 4.69) is 21.4 Å². The van der Waals surface area contributed by atoms with Gasteiger partial charge in [0, 0.05) is 26.1 Å². The molecule has 1 aromatic carbocycles. The number of rotatable bonds is 1. The number of carbonyl (C=O) groups excluding carboxylic acids is 1. The fraction of sp³-hybridized carbons (Fsp3) is 0.412. The van der Waals surface area contributed by atoms with Gasteiger partial charge < -0.3 is 20.8 Å². The van der Waals surface area contributed by atoms with Crippen LogP contribution in [0.15, 0.2) is 24.4 Å². The molecule has 0 amide bonds. The molecule has 129 valence electrons. The van der Waals surface area contributed by atoms with Crippen molar-refractivity contribution in [3.63, 3.8) is 0 Å². The van der Waals surface area contributed by atoms with Crippen molar-refractivity contribution in [1.29, 1.82) is 0 Å². The van der Waals surface area contributed by atoms with Gasteiger partial charge in [0.2, 0.25) is 0 Å². The Morgan fingerprint density at radius 2 is 2.21 bits per heavy atom. The van der Waals surface area contributed by atoms with Gasteiger partial charge in [-0.3, -0.25) is 0 Å². The maximum absolute atomic E-state index is 12.0. The number of hydrogen-bond donors (Lipinski definition) is 3. The minimum absolute atomic E-state index is 0. The molecule has 2 heterocycles. The Bertz CT molecular complexity index is 689.